The minimum atomic E-state index is -0.467. The maximum Gasteiger partial charge on any atom is 0.323 e. The number of ether oxygens (including phenoxy) is 1. The summed E-state index contributed by atoms with van der Waals surface area (Å²) in [6.07, 6.45) is 1.46. The van der Waals surface area contributed by atoms with Crippen LogP contribution in [0.4, 0.5) is 20.6 Å². The number of thiophene rings is 1. The first-order chi connectivity index (χ1) is 13.2. The Morgan fingerprint density at radius 3 is 2.63 bits per heavy atom. The molecule has 0 radical (unpaired) electrons. The third-order valence-corrected chi connectivity index (χ3v) is 4.51. The Hall–Kier alpha value is -3.52. The SMILES string of the molecule is O=C(Nc1ccc(Oc2ncnc3ccsc23)cc1)Nc1cccc(F)c1. The van der Waals surface area contributed by atoms with Crippen molar-refractivity contribution in [2.45, 2.75) is 0 Å². The summed E-state index contributed by atoms with van der Waals surface area (Å²) >= 11 is 1.50. The number of hydrogen-bond donors (Lipinski definition) is 2. The average Bonchev–Trinajstić information content (AvgIpc) is 3.13. The van der Waals surface area contributed by atoms with Gasteiger partial charge in [0.05, 0.1) is 5.52 Å². The van der Waals surface area contributed by atoms with E-state index in [1.165, 1.54) is 35.9 Å². The van der Waals surface area contributed by atoms with Crippen LogP contribution in [-0.4, -0.2) is 16.0 Å². The predicted octanol–water partition coefficient (Wildman–Crippen LogP) is 5.27. The number of amides is 2. The zero-order valence-electron chi connectivity index (χ0n) is 13.8. The molecular weight excluding hydrogens is 367 g/mol. The van der Waals surface area contributed by atoms with Gasteiger partial charge in [-0.2, -0.15) is 0 Å². The summed E-state index contributed by atoms with van der Waals surface area (Å²) in [5.41, 5.74) is 1.77. The monoisotopic (exact) mass is 380 g/mol. The Morgan fingerprint density at radius 1 is 1.00 bits per heavy atom. The van der Waals surface area contributed by atoms with Gasteiger partial charge in [-0.25, -0.2) is 19.2 Å². The molecule has 0 aliphatic carbocycles. The van der Waals surface area contributed by atoms with E-state index in [1.54, 1.807) is 30.3 Å². The maximum absolute atomic E-state index is 13.2. The molecule has 134 valence electrons. The molecule has 4 rings (SSSR count). The number of anilines is 2. The van der Waals surface area contributed by atoms with Crippen LogP contribution in [0.25, 0.3) is 10.2 Å². The van der Waals surface area contributed by atoms with Crippen LogP contribution in [0.1, 0.15) is 0 Å². The van der Waals surface area contributed by atoms with Gasteiger partial charge >= 0.3 is 6.03 Å². The van der Waals surface area contributed by atoms with E-state index in [9.17, 15) is 9.18 Å². The molecular formula is C19H13FN4O2S. The second kappa shape index (κ2) is 7.38. The van der Waals surface area contributed by atoms with Crippen molar-refractivity contribution in [2.24, 2.45) is 0 Å². The Morgan fingerprint density at radius 2 is 1.81 bits per heavy atom. The average molecular weight is 380 g/mol. The van der Waals surface area contributed by atoms with Crippen molar-refractivity contribution < 1.29 is 13.9 Å². The standard InChI is InChI=1S/C19H13FN4O2S/c20-12-2-1-3-14(10-12)24-19(25)23-13-4-6-15(7-5-13)26-18-17-16(8-9-27-17)21-11-22-18/h1-11H,(H2,23,24,25). The molecule has 0 fully saturated rings. The first-order valence-corrected chi connectivity index (χ1v) is 8.85. The zero-order valence-corrected chi connectivity index (χ0v) is 14.7. The van der Waals surface area contributed by atoms with Crippen molar-refractivity contribution in [1.29, 1.82) is 0 Å². The van der Waals surface area contributed by atoms with Crippen LogP contribution in [0.15, 0.2) is 66.3 Å². The van der Waals surface area contributed by atoms with Crippen molar-refractivity contribution in [3.05, 3.63) is 72.1 Å². The van der Waals surface area contributed by atoms with Crippen LogP contribution >= 0.6 is 11.3 Å². The van der Waals surface area contributed by atoms with Gasteiger partial charge in [-0.15, -0.1) is 11.3 Å². The van der Waals surface area contributed by atoms with Gasteiger partial charge in [0.25, 0.3) is 0 Å². The molecule has 0 spiro atoms. The number of nitrogens with zero attached hydrogens (tertiary/aromatic N) is 2. The van der Waals surface area contributed by atoms with Crippen LogP contribution in [0.2, 0.25) is 0 Å². The van der Waals surface area contributed by atoms with Gasteiger partial charge in [-0.05, 0) is 53.9 Å². The number of carbonyl (C=O) groups is 1. The van der Waals surface area contributed by atoms with Crippen molar-refractivity contribution in [3.8, 4) is 11.6 Å². The third-order valence-electron chi connectivity index (χ3n) is 3.62. The molecule has 2 N–H and O–H groups in total. The molecule has 6 nitrogen and oxygen atoms in total. The van der Waals surface area contributed by atoms with Crippen LogP contribution in [0.5, 0.6) is 11.6 Å². The highest BCUT2D eigenvalue weighted by atomic mass is 32.1. The van der Waals surface area contributed by atoms with E-state index in [2.05, 4.69) is 20.6 Å². The number of urea groups is 1. The van der Waals surface area contributed by atoms with Crippen LogP contribution < -0.4 is 15.4 Å². The second-order valence-electron chi connectivity index (χ2n) is 5.53. The van der Waals surface area contributed by atoms with Gasteiger partial charge in [0.15, 0.2) is 0 Å². The molecule has 0 bridgehead atoms. The van der Waals surface area contributed by atoms with Crippen molar-refractivity contribution in [2.75, 3.05) is 10.6 Å². The number of benzene rings is 2. The molecule has 8 heteroatoms. The first kappa shape index (κ1) is 16.9. The van der Waals surface area contributed by atoms with Gasteiger partial charge < -0.3 is 15.4 Å². The number of halogens is 1. The number of rotatable bonds is 4. The topological polar surface area (TPSA) is 76.1 Å². The van der Waals surface area contributed by atoms with E-state index in [0.717, 1.165) is 10.2 Å². The molecule has 0 aliphatic rings. The van der Waals surface area contributed by atoms with Gasteiger partial charge in [0, 0.05) is 11.4 Å². The fraction of sp³-hybridized carbons (Fsp3) is 0. The number of fused-ring (bicyclic) bond motifs is 1. The van der Waals surface area contributed by atoms with E-state index >= 15 is 0 Å². The highest BCUT2D eigenvalue weighted by Crippen LogP contribution is 2.30. The molecule has 0 atom stereocenters. The van der Waals surface area contributed by atoms with Crippen LogP contribution in [0, 0.1) is 5.82 Å². The molecule has 0 saturated carbocycles. The van der Waals surface area contributed by atoms with E-state index in [1.807, 2.05) is 11.4 Å². The lowest BCUT2D eigenvalue weighted by molar-refractivity contribution is 0.262. The molecule has 27 heavy (non-hydrogen) atoms. The van der Waals surface area contributed by atoms with E-state index in [-0.39, 0.29) is 0 Å². The lowest BCUT2D eigenvalue weighted by atomic mass is 10.3. The summed E-state index contributed by atoms with van der Waals surface area (Å²) in [5.74, 6) is 0.651. The van der Waals surface area contributed by atoms with E-state index < -0.39 is 11.8 Å². The largest absolute Gasteiger partial charge is 0.437 e. The summed E-state index contributed by atoms with van der Waals surface area (Å²) in [6.45, 7) is 0. The lowest BCUT2D eigenvalue weighted by Gasteiger charge is -2.09. The molecule has 2 aromatic carbocycles. The molecule has 2 amide bonds. The van der Waals surface area contributed by atoms with Gasteiger partial charge in [0.2, 0.25) is 5.88 Å². The minimum absolute atomic E-state index is 0.371. The maximum atomic E-state index is 13.2. The van der Waals surface area contributed by atoms with E-state index in [4.69, 9.17) is 4.74 Å². The Labute approximate surface area is 157 Å². The molecule has 4 aromatic rings. The summed E-state index contributed by atoms with van der Waals surface area (Å²) in [6, 6.07) is 14.0. The molecule has 0 saturated heterocycles. The molecule has 0 aliphatic heterocycles. The lowest BCUT2D eigenvalue weighted by Crippen LogP contribution is -2.19. The highest BCUT2D eigenvalue weighted by molar-refractivity contribution is 7.17. The number of aromatic nitrogens is 2. The zero-order chi connectivity index (χ0) is 18.6. The Balaban J connectivity index is 1.41. The number of hydrogen-bond acceptors (Lipinski definition) is 5. The summed E-state index contributed by atoms with van der Waals surface area (Å²) in [4.78, 5) is 20.3. The normalized spacial score (nSPS) is 10.6. The van der Waals surface area contributed by atoms with Crippen molar-refractivity contribution >= 4 is 39.0 Å². The van der Waals surface area contributed by atoms with Gasteiger partial charge in [-0.3, -0.25) is 0 Å². The smallest absolute Gasteiger partial charge is 0.323 e. The highest BCUT2D eigenvalue weighted by Gasteiger charge is 2.08. The van der Waals surface area contributed by atoms with Crippen molar-refractivity contribution in [3.63, 3.8) is 0 Å². The van der Waals surface area contributed by atoms with Crippen molar-refractivity contribution in [1.82, 2.24) is 9.97 Å². The molecule has 2 heterocycles. The van der Waals surface area contributed by atoms with Crippen LogP contribution in [-0.2, 0) is 0 Å². The summed E-state index contributed by atoms with van der Waals surface area (Å²) in [5, 5.41) is 7.17. The van der Waals surface area contributed by atoms with E-state index in [0.29, 0.717) is 23.0 Å². The second-order valence-corrected chi connectivity index (χ2v) is 6.45. The number of nitrogens with one attached hydrogen (secondary N) is 2. The fourth-order valence-corrected chi connectivity index (χ4v) is 3.19. The number of carbonyl (C=O) groups excluding carboxylic acids is 1. The summed E-state index contributed by atoms with van der Waals surface area (Å²) in [7, 11) is 0. The third kappa shape index (κ3) is 4.01. The predicted molar refractivity (Wildman–Crippen MR) is 103 cm³/mol. The van der Waals surface area contributed by atoms with Crippen LogP contribution in [0.3, 0.4) is 0 Å². The molecule has 0 unspecified atom stereocenters. The van der Waals surface area contributed by atoms with Gasteiger partial charge in [-0.1, -0.05) is 6.07 Å². The quantitative estimate of drug-likeness (QED) is 0.506. The Bertz CT molecular complexity index is 1100. The Kier molecular flexibility index (Phi) is 4.63. The summed E-state index contributed by atoms with van der Waals surface area (Å²) < 4.78 is 19.8. The fourth-order valence-electron chi connectivity index (χ4n) is 2.42. The minimum Gasteiger partial charge on any atom is -0.437 e. The van der Waals surface area contributed by atoms with Gasteiger partial charge in [0.1, 0.15) is 22.6 Å². The molecule has 2 aromatic heterocycles. The first-order valence-electron chi connectivity index (χ1n) is 7.97.